The maximum absolute atomic E-state index is 5.72. The molecule has 3 rings (SSSR count). The van der Waals surface area contributed by atoms with Gasteiger partial charge < -0.3 is 9.47 Å². The highest BCUT2D eigenvalue weighted by Crippen LogP contribution is 2.45. The number of methoxy groups -OCH3 is 1. The molecule has 2 aliphatic rings. The maximum atomic E-state index is 5.72. The Kier molecular flexibility index (Phi) is 2.08. The minimum atomic E-state index is 0.618. The standard InChI is InChI=1S/C13H16O2/c1-14-11-6-7-12-13-9(8-15-12)4-2-3-5-10(11)13/h6-7,9H,2-5,8H2,1H3. The van der Waals surface area contributed by atoms with Crippen molar-refractivity contribution in [3.05, 3.63) is 23.3 Å². The summed E-state index contributed by atoms with van der Waals surface area (Å²) in [5, 5.41) is 0. The average molecular weight is 204 g/mol. The number of benzene rings is 1. The zero-order valence-electron chi connectivity index (χ0n) is 9.08. The fourth-order valence-corrected chi connectivity index (χ4v) is 2.84. The van der Waals surface area contributed by atoms with E-state index in [0.717, 1.165) is 24.5 Å². The van der Waals surface area contributed by atoms with E-state index in [1.54, 1.807) is 7.11 Å². The number of ether oxygens (including phenoxy) is 2. The normalized spacial score (nSPS) is 22.9. The van der Waals surface area contributed by atoms with Gasteiger partial charge in [-0.25, -0.2) is 0 Å². The van der Waals surface area contributed by atoms with Crippen molar-refractivity contribution in [2.45, 2.75) is 31.6 Å². The molecular formula is C13H16O2. The van der Waals surface area contributed by atoms with Crippen LogP contribution in [0.3, 0.4) is 0 Å². The third kappa shape index (κ3) is 1.31. The van der Waals surface area contributed by atoms with Crippen molar-refractivity contribution in [2.75, 3.05) is 13.7 Å². The van der Waals surface area contributed by atoms with E-state index in [-0.39, 0.29) is 0 Å². The van der Waals surface area contributed by atoms with Crippen molar-refractivity contribution in [3.63, 3.8) is 0 Å². The Morgan fingerprint density at radius 1 is 1.33 bits per heavy atom. The van der Waals surface area contributed by atoms with E-state index in [2.05, 4.69) is 6.07 Å². The third-order valence-electron chi connectivity index (χ3n) is 3.57. The van der Waals surface area contributed by atoms with Crippen molar-refractivity contribution < 1.29 is 9.47 Å². The van der Waals surface area contributed by atoms with Crippen LogP contribution in [0.5, 0.6) is 11.5 Å². The van der Waals surface area contributed by atoms with Crippen LogP contribution in [-0.4, -0.2) is 13.7 Å². The van der Waals surface area contributed by atoms with Crippen molar-refractivity contribution in [2.24, 2.45) is 0 Å². The molecule has 0 aromatic heterocycles. The molecule has 1 aliphatic heterocycles. The van der Waals surface area contributed by atoms with Crippen LogP contribution in [0.4, 0.5) is 0 Å². The van der Waals surface area contributed by atoms with E-state index in [0.29, 0.717) is 5.92 Å². The quantitative estimate of drug-likeness (QED) is 0.700. The predicted molar refractivity (Wildman–Crippen MR) is 58.8 cm³/mol. The van der Waals surface area contributed by atoms with Crippen LogP contribution in [0, 0.1) is 0 Å². The maximum Gasteiger partial charge on any atom is 0.123 e. The zero-order valence-corrected chi connectivity index (χ0v) is 9.08. The van der Waals surface area contributed by atoms with Gasteiger partial charge in [0.05, 0.1) is 13.7 Å². The smallest absolute Gasteiger partial charge is 0.123 e. The van der Waals surface area contributed by atoms with Crippen LogP contribution in [0.25, 0.3) is 0 Å². The van der Waals surface area contributed by atoms with Crippen LogP contribution < -0.4 is 9.47 Å². The number of rotatable bonds is 1. The highest BCUT2D eigenvalue weighted by atomic mass is 16.5. The summed E-state index contributed by atoms with van der Waals surface area (Å²) < 4.78 is 11.2. The van der Waals surface area contributed by atoms with E-state index in [4.69, 9.17) is 9.47 Å². The molecule has 0 fully saturated rings. The van der Waals surface area contributed by atoms with Gasteiger partial charge >= 0.3 is 0 Å². The number of hydrogen-bond acceptors (Lipinski definition) is 2. The lowest BCUT2D eigenvalue weighted by Crippen LogP contribution is -2.00. The Bertz CT molecular complexity index is 384. The lowest BCUT2D eigenvalue weighted by atomic mass is 9.94. The van der Waals surface area contributed by atoms with Gasteiger partial charge in [-0.15, -0.1) is 0 Å². The first-order valence-electron chi connectivity index (χ1n) is 5.72. The van der Waals surface area contributed by atoms with Gasteiger partial charge in [-0.05, 0) is 31.4 Å². The molecule has 0 saturated heterocycles. The largest absolute Gasteiger partial charge is 0.496 e. The molecule has 1 aliphatic carbocycles. The molecule has 2 nitrogen and oxygen atoms in total. The molecule has 0 amide bonds. The van der Waals surface area contributed by atoms with E-state index in [1.807, 2.05) is 6.07 Å². The molecule has 80 valence electrons. The summed E-state index contributed by atoms with van der Waals surface area (Å²) in [5.41, 5.74) is 2.84. The topological polar surface area (TPSA) is 18.5 Å². The fourth-order valence-electron chi connectivity index (χ4n) is 2.84. The minimum absolute atomic E-state index is 0.618. The number of hydrogen-bond donors (Lipinski definition) is 0. The molecule has 1 unspecified atom stereocenters. The van der Waals surface area contributed by atoms with E-state index in [9.17, 15) is 0 Å². The molecule has 0 radical (unpaired) electrons. The summed E-state index contributed by atoms with van der Waals surface area (Å²) in [6.07, 6.45) is 5.01. The van der Waals surface area contributed by atoms with Crippen LogP contribution in [0.15, 0.2) is 12.1 Å². The zero-order chi connectivity index (χ0) is 10.3. The van der Waals surface area contributed by atoms with Gasteiger partial charge in [-0.2, -0.15) is 0 Å². The van der Waals surface area contributed by atoms with Gasteiger partial charge in [0.1, 0.15) is 11.5 Å². The Labute approximate surface area is 90.2 Å². The van der Waals surface area contributed by atoms with Crippen LogP contribution in [-0.2, 0) is 6.42 Å². The van der Waals surface area contributed by atoms with Crippen molar-refractivity contribution in [1.29, 1.82) is 0 Å². The second kappa shape index (κ2) is 3.44. The Balaban J connectivity index is 2.17. The molecule has 15 heavy (non-hydrogen) atoms. The molecule has 0 spiro atoms. The molecular weight excluding hydrogens is 188 g/mol. The van der Waals surface area contributed by atoms with Gasteiger partial charge in [0, 0.05) is 17.0 Å². The lowest BCUT2D eigenvalue weighted by Gasteiger charge is -2.12. The third-order valence-corrected chi connectivity index (χ3v) is 3.57. The van der Waals surface area contributed by atoms with Crippen molar-refractivity contribution >= 4 is 0 Å². The molecule has 0 N–H and O–H groups in total. The van der Waals surface area contributed by atoms with Gasteiger partial charge in [0.2, 0.25) is 0 Å². The van der Waals surface area contributed by atoms with Crippen LogP contribution in [0.1, 0.15) is 36.3 Å². The van der Waals surface area contributed by atoms with Crippen molar-refractivity contribution in [1.82, 2.24) is 0 Å². The molecule has 1 heterocycles. The Morgan fingerprint density at radius 2 is 2.27 bits per heavy atom. The first-order chi connectivity index (χ1) is 7.40. The molecule has 1 aromatic rings. The first-order valence-corrected chi connectivity index (χ1v) is 5.72. The minimum Gasteiger partial charge on any atom is -0.496 e. The summed E-state index contributed by atoms with van der Waals surface area (Å²) in [5.74, 6) is 2.76. The highest BCUT2D eigenvalue weighted by molar-refractivity contribution is 5.53. The second-order valence-electron chi connectivity index (χ2n) is 4.41. The highest BCUT2D eigenvalue weighted by Gasteiger charge is 2.30. The monoisotopic (exact) mass is 204 g/mol. The van der Waals surface area contributed by atoms with Gasteiger partial charge in [0.15, 0.2) is 0 Å². The SMILES string of the molecule is COc1ccc2c3c1CCCCC3CO2. The van der Waals surface area contributed by atoms with Gasteiger partial charge in [-0.1, -0.05) is 6.42 Å². The molecule has 1 atom stereocenters. The first kappa shape index (κ1) is 9.08. The summed E-state index contributed by atoms with van der Waals surface area (Å²) in [6, 6.07) is 4.10. The Morgan fingerprint density at radius 3 is 3.13 bits per heavy atom. The second-order valence-corrected chi connectivity index (χ2v) is 4.41. The van der Waals surface area contributed by atoms with E-state index < -0.39 is 0 Å². The lowest BCUT2D eigenvalue weighted by molar-refractivity contribution is 0.323. The van der Waals surface area contributed by atoms with E-state index in [1.165, 1.54) is 30.4 Å². The molecule has 0 saturated carbocycles. The van der Waals surface area contributed by atoms with Crippen LogP contribution in [0.2, 0.25) is 0 Å². The predicted octanol–water partition coefficient (Wildman–Crippen LogP) is 2.90. The van der Waals surface area contributed by atoms with Gasteiger partial charge in [0.25, 0.3) is 0 Å². The van der Waals surface area contributed by atoms with Crippen LogP contribution >= 0.6 is 0 Å². The summed E-state index contributed by atoms with van der Waals surface area (Å²) in [7, 11) is 1.76. The van der Waals surface area contributed by atoms with E-state index >= 15 is 0 Å². The summed E-state index contributed by atoms with van der Waals surface area (Å²) in [4.78, 5) is 0. The van der Waals surface area contributed by atoms with Crippen molar-refractivity contribution in [3.8, 4) is 11.5 Å². The molecule has 2 heteroatoms. The summed E-state index contributed by atoms with van der Waals surface area (Å²) >= 11 is 0. The molecule has 1 aromatic carbocycles. The fraction of sp³-hybridized carbons (Fsp3) is 0.538. The Hall–Kier alpha value is -1.18. The summed E-state index contributed by atoms with van der Waals surface area (Å²) in [6.45, 7) is 0.871. The molecule has 0 bridgehead atoms. The van der Waals surface area contributed by atoms with Gasteiger partial charge in [-0.3, -0.25) is 0 Å². The average Bonchev–Trinajstić information content (AvgIpc) is 2.55.